The van der Waals surface area contributed by atoms with Gasteiger partial charge in [0.25, 0.3) is 0 Å². The molecule has 114 valence electrons. The molecular formula is C17H25N3O. The topological polar surface area (TPSA) is 70.1 Å². The molecule has 0 aromatic heterocycles. The summed E-state index contributed by atoms with van der Waals surface area (Å²) in [6.45, 7) is 7.43. The van der Waals surface area contributed by atoms with E-state index >= 15 is 0 Å². The lowest BCUT2D eigenvalue weighted by atomic mass is 10.0. The fourth-order valence-electron chi connectivity index (χ4n) is 2.29. The molecule has 0 aliphatic heterocycles. The minimum absolute atomic E-state index is 0.00918. The molecular weight excluding hydrogens is 262 g/mol. The van der Waals surface area contributed by atoms with Crippen LogP contribution >= 0.6 is 0 Å². The van der Waals surface area contributed by atoms with Gasteiger partial charge in [0.15, 0.2) is 0 Å². The summed E-state index contributed by atoms with van der Waals surface area (Å²) < 4.78 is 0. The van der Waals surface area contributed by atoms with Crippen LogP contribution in [0.25, 0.3) is 0 Å². The molecule has 2 N–H and O–H groups in total. The van der Waals surface area contributed by atoms with E-state index in [1.807, 2.05) is 24.0 Å². The van der Waals surface area contributed by atoms with Gasteiger partial charge in [0, 0.05) is 13.1 Å². The summed E-state index contributed by atoms with van der Waals surface area (Å²) in [4.78, 5) is 14.3. The van der Waals surface area contributed by atoms with Crippen LogP contribution in [0.1, 0.15) is 44.7 Å². The molecule has 0 bridgehead atoms. The van der Waals surface area contributed by atoms with Gasteiger partial charge in [-0.3, -0.25) is 4.79 Å². The summed E-state index contributed by atoms with van der Waals surface area (Å²) in [6, 6.07) is 8.99. The SMILES string of the molecule is CCCN(Cc1ccc(C#N)cc1)C(=O)[C@H](N)CC(C)C. The van der Waals surface area contributed by atoms with Gasteiger partial charge in [-0.2, -0.15) is 5.26 Å². The van der Waals surface area contributed by atoms with Gasteiger partial charge in [-0.05, 0) is 36.5 Å². The van der Waals surface area contributed by atoms with Gasteiger partial charge in [0.05, 0.1) is 17.7 Å². The van der Waals surface area contributed by atoms with Crippen molar-refractivity contribution in [3.8, 4) is 6.07 Å². The molecule has 0 unspecified atom stereocenters. The lowest BCUT2D eigenvalue weighted by Crippen LogP contribution is -2.44. The molecule has 0 saturated heterocycles. The maximum absolute atomic E-state index is 12.4. The number of benzene rings is 1. The van der Waals surface area contributed by atoms with Gasteiger partial charge in [-0.25, -0.2) is 0 Å². The average Bonchev–Trinajstić information content (AvgIpc) is 2.46. The predicted molar refractivity (Wildman–Crippen MR) is 84.3 cm³/mol. The van der Waals surface area contributed by atoms with Crippen LogP contribution in [0.15, 0.2) is 24.3 Å². The predicted octanol–water partition coefficient (Wildman–Crippen LogP) is 2.67. The second-order valence-corrected chi connectivity index (χ2v) is 5.80. The first-order valence-corrected chi connectivity index (χ1v) is 7.51. The molecule has 0 fully saturated rings. The summed E-state index contributed by atoms with van der Waals surface area (Å²) in [5, 5.41) is 8.81. The number of carbonyl (C=O) groups is 1. The summed E-state index contributed by atoms with van der Waals surface area (Å²) in [5.41, 5.74) is 7.66. The Morgan fingerprint density at radius 2 is 1.95 bits per heavy atom. The highest BCUT2D eigenvalue weighted by Gasteiger charge is 2.21. The third-order valence-corrected chi connectivity index (χ3v) is 3.30. The number of nitrogens with zero attached hydrogens (tertiary/aromatic N) is 2. The Labute approximate surface area is 127 Å². The van der Waals surface area contributed by atoms with Crippen LogP contribution in [0.2, 0.25) is 0 Å². The Hall–Kier alpha value is -1.86. The van der Waals surface area contributed by atoms with Gasteiger partial charge >= 0.3 is 0 Å². The molecule has 1 aromatic rings. The molecule has 21 heavy (non-hydrogen) atoms. The van der Waals surface area contributed by atoms with Crippen molar-refractivity contribution in [1.82, 2.24) is 4.90 Å². The van der Waals surface area contributed by atoms with Gasteiger partial charge in [0.1, 0.15) is 0 Å². The van der Waals surface area contributed by atoms with Crippen LogP contribution in [0.4, 0.5) is 0 Å². The average molecular weight is 287 g/mol. The first-order valence-electron chi connectivity index (χ1n) is 7.51. The highest BCUT2D eigenvalue weighted by molar-refractivity contribution is 5.81. The van der Waals surface area contributed by atoms with Crippen LogP contribution in [-0.4, -0.2) is 23.4 Å². The minimum atomic E-state index is -0.435. The molecule has 0 saturated carbocycles. The van der Waals surface area contributed by atoms with E-state index in [0.29, 0.717) is 31.0 Å². The van der Waals surface area contributed by atoms with Crippen molar-refractivity contribution in [3.05, 3.63) is 35.4 Å². The normalized spacial score (nSPS) is 12.0. The maximum atomic E-state index is 12.4. The van der Waals surface area contributed by atoms with Crippen molar-refractivity contribution in [3.63, 3.8) is 0 Å². The van der Waals surface area contributed by atoms with E-state index in [1.165, 1.54) is 0 Å². The smallest absolute Gasteiger partial charge is 0.239 e. The van der Waals surface area contributed by atoms with Crippen LogP contribution in [0.3, 0.4) is 0 Å². The monoisotopic (exact) mass is 287 g/mol. The lowest BCUT2D eigenvalue weighted by Gasteiger charge is -2.26. The molecule has 4 heteroatoms. The lowest BCUT2D eigenvalue weighted by molar-refractivity contribution is -0.133. The summed E-state index contributed by atoms with van der Waals surface area (Å²) >= 11 is 0. The number of nitrogens with two attached hydrogens (primary N) is 1. The van der Waals surface area contributed by atoms with Crippen molar-refractivity contribution in [2.45, 2.75) is 46.2 Å². The van der Waals surface area contributed by atoms with Crippen LogP contribution in [0, 0.1) is 17.2 Å². The highest BCUT2D eigenvalue weighted by Crippen LogP contribution is 2.11. The number of rotatable bonds is 7. The number of amides is 1. The summed E-state index contributed by atoms with van der Waals surface area (Å²) in [5.74, 6) is 0.414. The summed E-state index contributed by atoms with van der Waals surface area (Å²) in [6.07, 6.45) is 1.60. The van der Waals surface area contributed by atoms with Gasteiger partial charge in [-0.15, -0.1) is 0 Å². The molecule has 0 aliphatic carbocycles. The summed E-state index contributed by atoms with van der Waals surface area (Å²) in [7, 11) is 0. The van der Waals surface area contributed by atoms with Gasteiger partial charge in [-0.1, -0.05) is 32.9 Å². The zero-order valence-electron chi connectivity index (χ0n) is 13.2. The first-order chi connectivity index (χ1) is 9.97. The fourth-order valence-corrected chi connectivity index (χ4v) is 2.29. The Bertz CT molecular complexity index is 488. The van der Waals surface area contributed by atoms with Crippen LogP contribution in [0.5, 0.6) is 0 Å². The Morgan fingerprint density at radius 1 is 1.33 bits per heavy atom. The van der Waals surface area contributed by atoms with E-state index in [2.05, 4.69) is 19.9 Å². The minimum Gasteiger partial charge on any atom is -0.337 e. The Balaban J connectivity index is 2.76. The van der Waals surface area contributed by atoms with Crippen molar-refractivity contribution < 1.29 is 4.79 Å². The first kappa shape index (κ1) is 17.2. The molecule has 1 atom stereocenters. The van der Waals surface area contributed by atoms with Crippen molar-refractivity contribution >= 4 is 5.91 Å². The van der Waals surface area contributed by atoms with E-state index in [1.54, 1.807) is 12.1 Å². The molecule has 0 aliphatic rings. The number of nitriles is 1. The number of hydrogen-bond acceptors (Lipinski definition) is 3. The fraction of sp³-hybridized carbons (Fsp3) is 0.529. The van der Waals surface area contributed by atoms with Crippen molar-refractivity contribution in [2.24, 2.45) is 11.7 Å². The Morgan fingerprint density at radius 3 is 2.43 bits per heavy atom. The Kier molecular flexibility index (Phi) is 6.90. The molecule has 0 radical (unpaired) electrons. The number of hydrogen-bond donors (Lipinski definition) is 1. The second-order valence-electron chi connectivity index (χ2n) is 5.80. The van der Waals surface area contributed by atoms with E-state index in [4.69, 9.17) is 11.0 Å². The van der Waals surface area contributed by atoms with Crippen LogP contribution in [-0.2, 0) is 11.3 Å². The van der Waals surface area contributed by atoms with E-state index in [9.17, 15) is 4.79 Å². The second kappa shape index (κ2) is 8.43. The zero-order chi connectivity index (χ0) is 15.8. The molecule has 1 rings (SSSR count). The quantitative estimate of drug-likeness (QED) is 0.838. The van der Waals surface area contributed by atoms with Crippen LogP contribution < -0.4 is 5.73 Å². The third kappa shape index (κ3) is 5.57. The third-order valence-electron chi connectivity index (χ3n) is 3.30. The zero-order valence-corrected chi connectivity index (χ0v) is 13.2. The molecule has 0 spiro atoms. The van der Waals surface area contributed by atoms with E-state index < -0.39 is 6.04 Å². The standard InChI is InChI=1S/C17H25N3O/c1-4-9-20(17(21)16(19)10-13(2)3)12-15-7-5-14(11-18)6-8-15/h5-8,13,16H,4,9-10,12,19H2,1-3H3/t16-/m1/s1. The molecule has 4 nitrogen and oxygen atoms in total. The largest absolute Gasteiger partial charge is 0.337 e. The highest BCUT2D eigenvalue weighted by atomic mass is 16.2. The maximum Gasteiger partial charge on any atom is 0.239 e. The van der Waals surface area contributed by atoms with Gasteiger partial charge in [0.2, 0.25) is 5.91 Å². The van der Waals surface area contributed by atoms with E-state index in [-0.39, 0.29) is 5.91 Å². The molecule has 1 aromatic carbocycles. The molecule has 0 heterocycles. The van der Waals surface area contributed by atoms with Gasteiger partial charge < -0.3 is 10.6 Å². The van der Waals surface area contributed by atoms with Crippen molar-refractivity contribution in [1.29, 1.82) is 5.26 Å². The number of carbonyl (C=O) groups excluding carboxylic acids is 1. The molecule has 1 amide bonds. The van der Waals surface area contributed by atoms with E-state index in [0.717, 1.165) is 12.0 Å². The van der Waals surface area contributed by atoms with Crippen molar-refractivity contribution in [2.75, 3.05) is 6.54 Å².